The van der Waals surface area contributed by atoms with Crippen molar-refractivity contribution < 1.29 is 33.4 Å². The maximum atomic E-state index is 13.0. The molecule has 0 spiro atoms. The quantitative estimate of drug-likeness (QED) is 0.253. The number of ether oxygens (including phenoxy) is 3. The molecule has 1 aliphatic carbocycles. The largest absolute Gasteiger partial charge is 0.455 e. The summed E-state index contributed by atoms with van der Waals surface area (Å²) in [5, 5.41) is 3.13. The van der Waals surface area contributed by atoms with Gasteiger partial charge in [-0.1, -0.05) is 30.3 Å². The SMILES string of the molecule is NC(=NC(=O)OCc1ccccc1)c1ccc(N2CCN(C(=O)NC3CCC(C(=O)OCC(=O)N4CCOCC4)CC3)CC2)cc1. The van der Waals surface area contributed by atoms with Crippen LogP contribution < -0.4 is 16.0 Å². The van der Waals surface area contributed by atoms with Gasteiger partial charge in [0.1, 0.15) is 12.4 Å². The zero-order chi connectivity index (χ0) is 32.3. The summed E-state index contributed by atoms with van der Waals surface area (Å²) in [5.41, 5.74) is 8.50. The van der Waals surface area contributed by atoms with Gasteiger partial charge >= 0.3 is 18.1 Å². The molecule has 2 heterocycles. The number of amides is 4. The molecule has 0 aromatic heterocycles. The number of rotatable bonds is 8. The number of amidine groups is 1. The van der Waals surface area contributed by atoms with Crippen LogP contribution in [0.4, 0.5) is 15.3 Å². The summed E-state index contributed by atoms with van der Waals surface area (Å²) in [4.78, 5) is 59.3. The lowest BCUT2D eigenvalue weighted by Crippen LogP contribution is -2.54. The Morgan fingerprint density at radius 1 is 0.826 bits per heavy atom. The predicted molar refractivity (Wildman–Crippen MR) is 170 cm³/mol. The van der Waals surface area contributed by atoms with E-state index in [0.29, 0.717) is 83.7 Å². The van der Waals surface area contributed by atoms with Crippen molar-refractivity contribution in [3.63, 3.8) is 0 Å². The highest BCUT2D eigenvalue weighted by Gasteiger charge is 2.30. The molecular formula is C33H42N6O7. The molecule has 0 bridgehead atoms. The Morgan fingerprint density at radius 3 is 2.17 bits per heavy atom. The molecule has 5 rings (SSSR count). The van der Waals surface area contributed by atoms with Crippen LogP contribution in [0.3, 0.4) is 0 Å². The number of carbonyl (C=O) groups excluding carboxylic acids is 4. The van der Waals surface area contributed by atoms with Crippen LogP contribution in [0.5, 0.6) is 0 Å². The van der Waals surface area contributed by atoms with Gasteiger partial charge in [0.25, 0.3) is 5.91 Å². The summed E-state index contributed by atoms with van der Waals surface area (Å²) in [5.74, 6) is -0.707. The predicted octanol–water partition coefficient (Wildman–Crippen LogP) is 2.52. The van der Waals surface area contributed by atoms with Crippen molar-refractivity contribution in [3.8, 4) is 0 Å². The van der Waals surface area contributed by atoms with Gasteiger partial charge in [0.05, 0.1) is 19.1 Å². The Bertz CT molecular complexity index is 1360. The molecular weight excluding hydrogens is 592 g/mol. The highest BCUT2D eigenvalue weighted by molar-refractivity contribution is 6.02. The summed E-state index contributed by atoms with van der Waals surface area (Å²) < 4.78 is 15.7. The fourth-order valence-electron chi connectivity index (χ4n) is 5.82. The minimum atomic E-state index is -0.747. The van der Waals surface area contributed by atoms with Gasteiger partial charge in [-0.3, -0.25) is 9.59 Å². The van der Waals surface area contributed by atoms with E-state index < -0.39 is 6.09 Å². The van der Waals surface area contributed by atoms with E-state index in [9.17, 15) is 19.2 Å². The van der Waals surface area contributed by atoms with E-state index in [-0.39, 0.29) is 48.9 Å². The number of aliphatic imine (C=N–C) groups is 1. The first kappa shape index (κ1) is 32.7. The van der Waals surface area contributed by atoms with Crippen molar-refractivity contribution in [1.82, 2.24) is 15.1 Å². The average Bonchev–Trinajstić information content (AvgIpc) is 3.10. The molecule has 3 N–H and O–H groups in total. The van der Waals surface area contributed by atoms with E-state index in [1.807, 2.05) is 59.5 Å². The highest BCUT2D eigenvalue weighted by Crippen LogP contribution is 2.26. The summed E-state index contributed by atoms with van der Waals surface area (Å²) in [6, 6.07) is 16.7. The number of esters is 1. The normalized spacial score (nSPS) is 20.5. The Kier molecular flexibility index (Phi) is 11.4. The van der Waals surface area contributed by atoms with Crippen molar-refractivity contribution in [3.05, 3.63) is 65.7 Å². The number of nitrogens with zero attached hydrogens (tertiary/aromatic N) is 4. The zero-order valence-electron chi connectivity index (χ0n) is 26.0. The van der Waals surface area contributed by atoms with Crippen LogP contribution in [0.25, 0.3) is 0 Å². The van der Waals surface area contributed by atoms with Crippen LogP contribution in [0.1, 0.15) is 36.8 Å². The standard InChI is InChI=1S/C33H42N6O7/c34-30(36-33(43)46-22-24-4-2-1-3-5-24)25-8-12-28(13-9-25)37-14-16-39(17-15-37)32(42)35-27-10-6-26(7-11-27)31(41)45-23-29(40)38-18-20-44-21-19-38/h1-5,8-9,12-13,26-27H,6-7,10-11,14-23H2,(H,35,42)(H2,34,36,43). The molecule has 0 radical (unpaired) electrons. The smallest absolute Gasteiger partial charge is 0.435 e. The third kappa shape index (κ3) is 9.19. The number of urea groups is 1. The first-order valence-corrected chi connectivity index (χ1v) is 15.8. The van der Waals surface area contributed by atoms with Crippen LogP contribution in [0.15, 0.2) is 59.6 Å². The second-order valence-corrected chi connectivity index (χ2v) is 11.7. The molecule has 2 saturated heterocycles. The fourth-order valence-corrected chi connectivity index (χ4v) is 5.82. The number of nitrogens with two attached hydrogens (primary N) is 1. The molecule has 4 amide bonds. The van der Waals surface area contributed by atoms with Gasteiger partial charge in [-0.05, 0) is 55.5 Å². The van der Waals surface area contributed by atoms with E-state index in [1.54, 1.807) is 4.90 Å². The van der Waals surface area contributed by atoms with Crippen molar-refractivity contribution in [2.24, 2.45) is 16.6 Å². The van der Waals surface area contributed by atoms with Gasteiger partial charge in [-0.15, -0.1) is 0 Å². The average molecular weight is 635 g/mol. The van der Waals surface area contributed by atoms with Gasteiger partial charge in [-0.25, -0.2) is 9.59 Å². The van der Waals surface area contributed by atoms with Gasteiger partial charge < -0.3 is 40.0 Å². The summed E-state index contributed by atoms with van der Waals surface area (Å²) >= 11 is 0. The second kappa shape index (κ2) is 16.1. The summed E-state index contributed by atoms with van der Waals surface area (Å²) in [6.07, 6.45) is 1.86. The maximum absolute atomic E-state index is 13.0. The molecule has 246 valence electrons. The zero-order valence-corrected chi connectivity index (χ0v) is 26.0. The van der Waals surface area contributed by atoms with E-state index in [2.05, 4.69) is 15.2 Å². The van der Waals surface area contributed by atoms with Gasteiger partial charge in [-0.2, -0.15) is 4.99 Å². The van der Waals surface area contributed by atoms with Crippen molar-refractivity contribution in [1.29, 1.82) is 0 Å². The number of morpholine rings is 1. The topological polar surface area (TPSA) is 156 Å². The van der Waals surface area contributed by atoms with Gasteiger partial charge in [0.15, 0.2) is 6.61 Å². The summed E-state index contributed by atoms with van der Waals surface area (Å²) in [6.45, 7) is 4.42. The molecule has 0 atom stereocenters. The molecule has 2 aromatic rings. The molecule has 0 unspecified atom stereocenters. The molecule has 13 nitrogen and oxygen atoms in total. The summed E-state index contributed by atoms with van der Waals surface area (Å²) in [7, 11) is 0. The molecule has 1 saturated carbocycles. The van der Waals surface area contributed by atoms with E-state index in [0.717, 1.165) is 11.3 Å². The van der Waals surface area contributed by atoms with Crippen molar-refractivity contribution in [2.75, 3.05) is 64.0 Å². The Balaban J connectivity index is 0.992. The Labute approximate surface area is 268 Å². The lowest BCUT2D eigenvalue weighted by molar-refractivity contribution is -0.157. The van der Waals surface area contributed by atoms with Crippen LogP contribution in [0.2, 0.25) is 0 Å². The Morgan fingerprint density at radius 2 is 1.50 bits per heavy atom. The minimum absolute atomic E-state index is 0.000140. The van der Waals surface area contributed by atoms with Crippen LogP contribution in [-0.2, 0) is 30.4 Å². The number of hydrogen-bond acceptors (Lipinski definition) is 8. The van der Waals surface area contributed by atoms with Gasteiger partial charge in [0, 0.05) is 56.6 Å². The lowest BCUT2D eigenvalue weighted by Gasteiger charge is -2.37. The van der Waals surface area contributed by atoms with Crippen LogP contribution in [0, 0.1) is 5.92 Å². The molecule has 3 fully saturated rings. The molecule has 46 heavy (non-hydrogen) atoms. The first-order chi connectivity index (χ1) is 22.4. The fraction of sp³-hybridized carbons (Fsp3) is 0.485. The molecule has 2 aromatic carbocycles. The van der Waals surface area contributed by atoms with E-state index in [1.165, 1.54) is 0 Å². The van der Waals surface area contributed by atoms with Gasteiger partial charge in [0.2, 0.25) is 0 Å². The second-order valence-electron chi connectivity index (χ2n) is 11.7. The van der Waals surface area contributed by atoms with E-state index in [4.69, 9.17) is 19.9 Å². The minimum Gasteiger partial charge on any atom is -0.455 e. The Hall–Kier alpha value is -4.65. The monoisotopic (exact) mass is 634 g/mol. The number of piperazine rings is 1. The molecule has 13 heteroatoms. The maximum Gasteiger partial charge on any atom is 0.435 e. The third-order valence-electron chi connectivity index (χ3n) is 8.60. The van der Waals surface area contributed by atoms with Crippen molar-refractivity contribution in [2.45, 2.75) is 38.3 Å². The van der Waals surface area contributed by atoms with Crippen LogP contribution >= 0.6 is 0 Å². The number of hydrogen-bond donors (Lipinski definition) is 2. The highest BCUT2D eigenvalue weighted by atomic mass is 16.5. The van der Waals surface area contributed by atoms with Crippen LogP contribution in [-0.4, -0.2) is 105 Å². The molecule has 3 aliphatic rings. The first-order valence-electron chi connectivity index (χ1n) is 15.8. The number of carbonyl (C=O) groups is 4. The van der Waals surface area contributed by atoms with E-state index >= 15 is 0 Å². The lowest BCUT2D eigenvalue weighted by atomic mass is 9.86. The van der Waals surface area contributed by atoms with Crippen molar-refractivity contribution >= 4 is 35.5 Å². The number of benzene rings is 2. The number of nitrogens with one attached hydrogen (secondary N) is 1. The molecule has 2 aliphatic heterocycles. The number of anilines is 1. The third-order valence-corrected chi connectivity index (χ3v) is 8.60.